The molecule has 4 amide bonds. The molecule has 4 rings (SSSR count). The van der Waals surface area contributed by atoms with Crippen LogP contribution >= 0.6 is 0 Å². The molecule has 0 bridgehead atoms. The van der Waals surface area contributed by atoms with E-state index in [0.717, 1.165) is 24.3 Å². The Morgan fingerprint density at radius 1 is 0.900 bits per heavy atom. The zero-order valence-corrected chi connectivity index (χ0v) is 28.0. The molecule has 1 unspecified atom stereocenters. The fraction of sp³-hybridized carbons (Fsp3) is 0.333. The lowest BCUT2D eigenvalue weighted by Gasteiger charge is -2.32. The van der Waals surface area contributed by atoms with Gasteiger partial charge in [-0.1, -0.05) is 36.4 Å². The fourth-order valence-corrected chi connectivity index (χ4v) is 5.02. The van der Waals surface area contributed by atoms with E-state index < -0.39 is 41.3 Å². The number of amides is 4. The molecule has 1 saturated heterocycles. The first-order chi connectivity index (χ1) is 23.7. The van der Waals surface area contributed by atoms with Crippen LogP contribution in [0.1, 0.15) is 43.5 Å². The van der Waals surface area contributed by atoms with Crippen LogP contribution in [0.25, 0.3) is 6.08 Å². The summed E-state index contributed by atoms with van der Waals surface area (Å²) >= 11 is 0. The Balaban J connectivity index is 1.48. The molecule has 0 aliphatic carbocycles. The van der Waals surface area contributed by atoms with Crippen LogP contribution in [-0.2, 0) is 30.0 Å². The van der Waals surface area contributed by atoms with Crippen LogP contribution in [0.3, 0.4) is 0 Å². The number of benzene rings is 3. The lowest BCUT2D eigenvalue weighted by molar-refractivity contribution is -0.137. The Hall–Kier alpha value is -5.21. The SMILES string of the molecule is CC(C)(C)OC(=O)Nc1ccccc1NC(=O)C=Cc1ccc(C(C(=O)Nc2ccc(C(F)(F)F)cc2)N(C=O)CCN2CCOCC2)cc1. The predicted octanol–water partition coefficient (Wildman–Crippen LogP) is 6.17. The molecule has 3 N–H and O–H groups in total. The van der Waals surface area contributed by atoms with Crippen molar-refractivity contribution in [1.82, 2.24) is 9.80 Å². The van der Waals surface area contributed by atoms with E-state index in [1.54, 1.807) is 75.4 Å². The first-order valence-corrected chi connectivity index (χ1v) is 15.9. The number of morpholine rings is 1. The maximum absolute atomic E-state index is 13.6. The first-order valence-electron chi connectivity index (χ1n) is 15.9. The van der Waals surface area contributed by atoms with Gasteiger partial charge in [0.15, 0.2) is 0 Å². The molecular formula is C36H40F3N5O6. The Labute approximate surface area is 288 Å². The van der Waals surface area contributed by atoms with Crippen molar-refractivity contribution in [2.75, 3.05) is 55.3 Å². The number of ether oxygens (including phenoxy) is 2. The van der Waals surface area contributed by atoms with E-state index in [2.05, 4.69) is 20.9 Å². The highest BCUT2D eigenvalue weighted by molar-refractivity contribution is 6.05. The summed E-state index contributed by atoms with van der Waals surface area (Å²) in [7, 11) is 0. The number of nitrogens with one attached hydrogen (secondary N) is 3. The van der Waals surface area contributed by atoms with Gasteiger partial charge in [-0.15, -0.1) is 0 Å². The molecule has 1 aliphatic rings. The normalized spacial score (nSPS) is 14.4. The summed E-state index contributed by atoms with van der Waals surface area (Å²) in [5, 5.41) is 7.98. The Morgan fingerprint density at radius 2 is 1.52 bits per heavy atom. The van der Waals surface area contributed by atoms with Crippen LogP contribution in [0.15, 0.2) is 78.9 Å². The molecule has 0 aromatic heterocycles. The summed E-state index contributed by atoms with van der Waals surface area (Å²) in [6.45, 7) is 8.37. The molecule has 266 valence electrons. The van der Waals surface area contributed by atoms with Gasteiger partial charge in [0.2, 0.25) is 12.3 Å². The smallest absolute Gasteiger partial charge is 0.416 e. The van der Waals surface area contributed by atoms with E-state index in [0.29, 0.717) is 61.8 Å². The molecule has 3 aromatic rings. The van der Waals surface area contributed by atoms with Gasteiger partial charge in [-0.25, -0.2) is 4.79 Å². The van der Waals surface area contributed by atoms with Gasteiger partial charge in [-0.05, 0) is 74.4 Å². The number of carbonyl (C=O) groups is 4. The van der Waals surface area contributed by atoms with Crippen LogP contribution < -0.4 is 16.0 Å². The van der Waals surface area contributed by atoms with Crippen molar-refractivity contribution in [3.8, 4) is 0 Å². The van der Waals surface area contributed by atoms with Gasteiger partial charge in [-0.3, -0.25) is 24.6 Å². The van der Waals surface area contributed by atoms with Gasteiger partial charge in [0.05, 0.1) is 30.2 Å². The Kier molecular flexibility index (Phi) is 12.7. The number of alkyl halides is 3. The van der Waals surface area contributed by atoms with Gasteiger partial charge in [0, 0.05) is 37.9 Å². The van der Waals surface area contributed by atoms with Gasteiger partial charge in [-0.2, -0.15) is 13.2 Å². The summed E-state index contributed by atoms with van der Waals surface area (Å²) < 4.78 is 49.9. The van der Waals surface area contributed by atoms with Gasteiger partial charge >= 0.3 is 12.3 Å². The van der Waals surface area contributed by atoms with Crippen molar-refractivity contribution in [2.24, 2.45) is 0 Å². The van der Waals surface area contributed by atoms with Crippen molar-refractivity contribution in [1.29, 1.82) is 0 Å². The van der Waals surface area contributed by atoms with Crippen molar-refractivity contribution >= 4 is 47.5 Å². The van der Waals surface area contributed by atoms with E-state index in [1.807, 2.05) is 0 Å². The average molecular weight is 696 g/mol. The fourth-order valence-electron chi connectivity index (χ4n) is 5.02. The van der Waals surface area contributed by atoms with E-state index in [4.69, 9.17) is 9.47 Å². The highest BCUT2D eigenvalue weighted by Gasteiger charge is 2.31. The number of halogens is 3. The molecule has 14 heteroatoms. The largest absolute Gasteiger partial charge is 0.444 e. The average Bonchev–Trinajstić information content (AvgIpc) is 3.06. The summed E-state index contributed by atoms with van der Waals surface area (Å²) in [4.78, 5) is 54.4. The van der Waals surface area contributed by atoms with Gasteiger partial charge < -0.3 is 25.0 Å². The first kappa shape index (κ1) is 37.6. The zero-order valence-electron chi connectivity index (χ0n) is 28.0. The van der Waals surface area contributed by atoms with Crippen molar-refractivity contribution in [2.45, 2.75) is 38.6 Å². The topological polar surface area (TPSA) is 129 Å². The third-order valence-corrected chi connectivity index (χ3v) is 7.47. The number of anilines is 3. The van der Waals surface area contributed by atoms with Gasteiger partial charge in [0.25, 0.3) is 5.91 Å². The number of nitrogens with zero attached hydrogens (tertiary/aromatic N) is 2. The molecule has 3 aromatic carbocycles. The van der Waals surface area contributed by atoms with Crippen molar-refractivity contribution < 1.29 is 41.8 Å². The summed E-state index contributed by atoms with van der Waals surface area (Å²) in [5.41, 5.74) is 0.346. The molecule has 0 saturated carbocycles. The molecule has 1 fully saturated rings. The Morgan fingerprint density at radius 3 is 2.10 bits per heavy atom. The summed E-state index contributed by atoms with van der Waals surface area (Å²) in [6, 6.07) is 16.2. The van der Waals surface area contributed by atoms with Crippen molar-refractivity contribution in [3.05, 3.63) is 95.6 Å². The van der Waals surface area contributed by atoms with Crippen LogP contribution in [-0.4, -0.2) is 79.1 Å². The highest BCUT2D eigenvalue weighted by atomic mass is 19.4. The monoisotopic (exact) mass is 695 g/mol. The molecule has 1 atom stereocenters. The second-order valence-corrected chi connectivity index (χ2v) is 12.4. The lowest BCUT2D eigenvalue weighted by Crippen LogP contribution is -2.44. The minimum absolute atomic E-state index is 0.139. The molecule has 11 nitrogen and oxygen atoms in total. The predicted molar refractivity (Wildman–Crippen MR) is 183 cm³/mol. The summed E-state index contributed by atoms with van der Waals surface area (Å²) in [5.74, 6) is -1.09. The second-order valence-electron chi connectivity index (χ2n) is 12.4. The Bertz CT molecular complexity index is 1650. The minimum Gasteiger partial charge on any atom is -0.444 e. The molecule has 0 radical (unpaired) electrons. The maximum atomic E-state index is 13.6. The molecular weight excluding hydrogens is 655 g/mol. The van der Waals surface area contributed by atoms with Crippen molar-refractivity contribution in [3.63, 3.8) is 0 Å². The molecule has 0 spiro atoms. The van der Waals surface area contributed by atoms with Crippen LogP contribution in [0.5, 0.6) is 0 Å². The molecule has 50 heavy (non-hydrogen) atoms. The van der Waals surface area contributed by atoms with Crippen LogP contribution in [0.4, 0.5) is 35.0 Å². The number of carbonyl (C=O) groups excluding carboxylic acids is 4. The van der Waals surface area contributed by atoms with Crippen LogP contribution in [0.2, 0.25) is 0 Å². The van der Waals surface area contributed by atoms with E-state index in [-0.39, 0.29) is 12.2 Å². The summed E-state index contributed by atoms with van der Waals surface area (Å²) in [6.07, 6.45) is -1.77. The third kappa shape index (κ3) is 11.4. The molecule has 1 heterocycles. The number of hydrogen-bond donors (Lipinski definition) is 3. The maximum Gasteiger partial charge on any atom is 0.416 e. The zero-order chi connectivity index (χ0) is 36.3. The third-order valence-electron chi connectivity index (χ3n) is 7.47. The van der Waals surface area contributed by atoms with Gasteiger partial charge in [0.1, 0.15) is 11.6 Å². The number of para-hydroxylation sites is 2. The number of rotatable bonds is 12. The minimum atomic E-state index is -4.53. The quantitative estimate of drug-likeness (QED) is 0.153. The lowest BCUT2D eigenvalue weighted by atomic mass is 10.0. The number of hydrogen-bond acceptors (Lipinski definition) is 7. The van der Waals surface area contributed by atoms with Crippen LogP contribution in [0, 0.1) is 0 Å². The standard InChI is InChI=1S/C36H40F3N5O6/c1-35(2,3)50-34(48)42-30-7-5-4-6-29(30)41-31(46)17-10-25-8-11-26(12-9-25)32(44(24-45)19-18-43-20-22-49-23-21-43)33(47)40-28-15-13-27(14-16-28)36(37,38)39/h4-17,24,32H,18-23H2,1-3H3,(H,40,47)(H,41,46)(H,42,48). The van der Waals surface area contributed by atoms with E-state index in [9.17, 15) is 32.3 Å². The molecule has 1 aliphatic heterocycles. The van der Waals surface area contributed by atoms with E-state index in [1.165, 1.54) is 11.0 Å². The van der Waals surface area contributed by atoms with E-state index >= 15 is 0 Å². The highest BCUT2D eigenvalue weighted by Crippen LogP contribution is 2.30. The second kappa shape index (κ2) is 16.9.